The minimum Gasteiger partial charge on any atom is -0.496 e. The summed E-state index contributed by atoms with van der Waals surface area (Å²) in [7, 11) is 1.60. The van der Waals surface area contributed by atoms with Gasteiger partial charge in [0.2, 0.25) is 5.91 Å². The first-order chi connectivity index (χ1) is 9.92. The van der Waals surface area contributed by atoms with E-state index in [-0.39, 0.29) is 11.8 Å². The standard InChI is InChI=1S/C16H21NO4/c1-9-6-12(13(7-9)16(19)20)15(18)17-11-4-5-14(21-3)10(2)8-11/h4-5,8-9,12-13H,6-7H2,1-3H3,(H,17,18)(H,19,20)/t9?,12-,13+/m0/s1. The molecule has 0 aliphatic heterocycles. The van der Waals surface area contributed by atoms with Gasteiger partial charge < -0.3 is 15.2 Å². The van der Waals surface area contributed by atoms with Crippen molar-refractivity contribution < 1.29 is 19.4 Å². The van der Waals surface area contributed by atoms with Gasteiger partial charge in [0.1, 0.15) is 5.75 Å². The highest BCUT2D eigenvalue weighted by atomic mass is 16.5. The molecule has 1 saturated carbocycles. The highest BCUT2D eigenvalue weighted by Gasteiger charge is 2.41. The number of aryl methyl sites for hydroxylation is 1. The van der Waals surface area contributed by atoms with Gasteiger partial charge in [-0.1, -0.05) is 6.92 Å². The lowest BCUT2D eigenvalue weighted by atomic mass is 9.95. The van der Waals surface area contributed by atoms with E-state index < -0.39 is 17.8 Å². The Balaban J connectivity index is 2.10. The monoisotopic (exact) mass is 291 g/mol. The van der Waals surface area contributed by atoms with E-state index in [9.17, 15) is 14.7 Å². The molecule has 0 heterocycles. The predicted octanol–water partition coefficient (Wildman–Crippen LogP) is 2.69. The van der Waals surface area contributed by atoms with Crippen LogP contribution in [0.3, 0.4) is 0 Å². The van der Waals surface area contributed by atoms with Crippen LogP contribution in [0.2, 0.25) is 0 Å². The Kier molecular flexibility index (Phi) is 4.50. The number of methoxy groups -OCH3 is 1. The third-order valence-electron chi connectivity index (χ3n) is 4.11. The van der Waals surface area contributed by atoms with Crippen LogP contribution in [-0.4, -0.2) is 24.1 Å². The van der Waals surface area contributed by atoms with E-state index in [4.69, 9.17) is 4.74 Å². The quantitative estimate of drug-likeness (QED) is 0.894. The number of benzene rings is 1. The number of carboxylic acid groups (broad SMARTS) is 1. The highest BCUT2D eigenvalue weighted by Crippen LogP contribution is 2.37. The maximum absolute atomic E-state index is 12.3. The maximum atomic E-state index is 12.3. The summed E-state index contributed by atoms with van der Waals surface area (Å²) in [4.78, 5) is 23.6. The van der Waals surface area contributed by atoms with Crippen LogP contribution >= 0.6 is 0 Å². The SMILES string of the molecule is COc1ccc(NC(=O)[C@H]2CC(C)C[C@H]2C(=O)O)cc1C. The van der Waals surface area contributed by atoms with Crippen LogP contribution < -0.4 is 10.1 Å². The van der Waals surface area contributed by atoms with Gasteiger partial charge in [-0.3, -0.25) is 9.59 Å². The average molecular weight is 291 g/mol. The molecule has 5 heteroatoms. The Bertz CT molecular complexity index is 555. The second-order valence-corrected chi connectivity index (χ2v) is 5.80. The summed E-state index contributed by atoms with van der Waals surface area (Å²) in [6.07, 6.45) is 1.19. The van der Waals surface area contributed by atoms with E-state index in [0.717, 1.165) is 11.3 Å². The van der Waals surface area contributed by atoms with Gasteiger partial charge in [-0.2, -0.15) is 0 Å². The summed E-state index contributed by atoms with van der Waals surface area (Å²) >= 11 is 0. The highest BCUT2D eigenvalue weighted by molar-refractivity contribution is 5.95. The summed E-state index contributed by atoms with van der Waals surface area (Å²) < 4.78 is 5.18. The number of hydrogen-bond donors (Lipinski definition) is 2. The van der Waals surface area contributed by atoms with Crippen LogP contribution in [0.1, 0.15) is 25.3 Å². The van der Waals surface area contributed by atoms with Crippen LogP contribution in [0.25, 0.3) is 0 Å². The summed E-state index contributed by atoms with van der Waals surface area (Å²) in [5.74, 6) is -1.12. The number of ether oxygens (including phenoxy) is 1. The molecule has 1 aromatic rings. The van der Waals surface area contributed by atoms with Crippen molar-refractivity contribution in [3.63, 3.8) is 0 Å². The van der Waals surface area contributed by atoms with E-state index in [2.05, 4.69) is 5.32 Å². The Labute approximate surface area is 124 Å². The fourth-order valence-corrected chi connectivity index (χ4v) is 3.05. The van der Waals surface area contributed by atoms with Crippen molar-refractivity contribution in [3.05, 3.63) is 23.8 Å². The van der Waals surface area contributed by atoms with Crippen LogP contribution in [0.4, 0.5) is 5.69 Å². The number of aliphatic carboxylic acids is 1. The van der Waals surface area contributed by atoms with Crippen molar-refractivity contribution in [3.8, 4) is 5.75 Å². The number of anilines is 1. The number of carbonyl (C=O) groups is 2. The van der Waals surface area contributed by atoms with Crippen LogP contribution in [0.15, 0.2) is 18.2 Å². The van der Waals surface area contributed by atoms with Crippen molar-refractivity contribution in [2.45, 2.75) is 26.7 Å². The molecule has 3 atom stereocenters. The fraction of sp³-hybridized carbons (Fsp3) is 0.500. The Morgan fingerprint density at radius 2 is 1.95 bits per heavy atom. The van der Waals surface area contributed by atoms with Gasteiger partial charge in [0.05, 0.1) is 18.9 Å². The number of carbonyl (C=O) groups excluding carboxylic acids is 1. The zero-order valence-corrected chi connectivity index (χ0v) is 12.6. The predicted molar refractivity (Wildman–Crippen MR) is 79.4 cm³/mol. The van der Waals surface area contributed by atoms with Crippen molar-refractivity contribution in [1.29, 1.82) is 0 Å². The van der Waals surface area contributed by atoms with Gasteiger partial charge in [0.15, 0.2) is 0 Å². The molecule has 21 heavy (non-hydrogen) atoms. The van der Waals surface area contributed by atoms with Gasteiger partial charge in [-0.15, -0.1) is 0 Å². The Hall–Kier alpha value is -2.04. The molecule has 0 bridgehead atoms. The minimum absolute atomic E-state index is 0.212. The first kappa shape index (κ1) is 15.4. The maximum Gasteiger partial charge on any atom is 0.307 e. The largest absolute Gasteiger partial charge is 0.496 e. The molecular formula is C16H21NO4. The molecule has 1 aliphatic rings. The molecule has 1 aromatic carbocycles. The molecule has 0 spiro atoms. The number of nitrogens with one attached hydrogen (secondary N) is 1. The van der Waals surface area contributed by atoms with E-state index >= 15 is 0 Å². The third kappa shape index (κ3) is 3.35. The molecule has 2 rings (SSSR count). The molecule has 114 valence electrons. The van der Waals surface area contributed by atoms with E-state index in [1.165, 1.54) is 0 Å². The number of rotatable bonds is 4. The van der Waals surface area contributed by atoms with Gasteiger partial charge in [0, 0.05) is 5.69 Å². The molecular weight excluding hydrogens is 270 g/mol. The molecule has 2 N–H and O–H groups in total. The first-order valence-electron chi connectivity index (χ1n) is 7.10. The molecule has 1 amide bonds. The number of hydrogen-bond acceptors (Lipinski definition) is 3. The van der Waals surface area contributed by atoms with E-state index in [1.807, 2.05) is 19.9 Å². The zero-order chi connectivity index (χ0) is 15.6. The molecule has 0 aromatic heterocycles. The molecule has 0 saturated heterocycles. The average Bonchev–Trinajstić information content (AvgIpc) is 2.81. The molecule has 1 aliphatic carbocycles. The van der Waals surface area contributed by atoms with Gasteiger partial charge in [-0.05, 0) is 49.4 Å². The van der Waals surface area contributed by atoms with Crippen LogP contribution in [0.5, 0.6) is 5.75 Å². The van der Waals surface area contributed by atoms with E-state index in [1.54, 1.807) is 19.2 Å². The lowest BCUT2D eigenvalue weighted by Crippen LogP contribution is -2.30. The van der Waals surface area contributed by atoms with Crippen molar-refractivity contribution in [1.82, 2.24) is 0 Å². The van der Waals surface area contributed by atoms with Crippen LogP contribution in [-0.2, 0) is 9.59 Å². The fourth-order valence-electron chi connectivity index (χ4n) is 3.05. The summed E-state index contributed by atoms with van der Waals surface area (Å²) in [6, 6.07) is 5.37. The van der Waals surface area contributed by atoms with Gasteiger partial charge in [0.25, 0.3) is 0 Å². The Morgan fingerprint density at radius 3 is 2.52 bits per heavy atom. The number of carboxylic acids is 1. The van der Waals surface area contributed by atoms with Crippen molar-refractivity contribution >= 4 is 17.6 Å². The zero-order valence-electron chi connectivity index (χ0n) is 12.6. The van der Waals surface area contributed by atoms with E-state index in [0.29, 0.717) is 18.5 Å². The lowest BCUT2D eigenvalue weighted by Gasteiger charge is -2.16. The first-order valence-corrected chi connectivity index (χ1v) is 7.10. The Morgan fingerprint density at radius 1 is 1.29 bits per heavy atom. The van der Waals surface area contributed by atoms with Crippen molar-refractivity contribution in [2.24, 2.45) is 17.8 Å². The van der Waals surface area contributed by atoms with Crippen molar-refractivity contribution in [2.75, 3.05) is 12.4 Å². The molecule has 1 fully saturated rings. The number of amides is 1. The second-order valence-electron chi connectivity index (χ2n) is 5.80. The van der Waals surface area contributed by atoms with Gasteiger partial charge in [-0.25, -0.2) is 0 Å². The summed E-state index contributed by atoms with van der Waals surface area (Å²) in [6.45, 7) is 3.88. The lowest BCUT2D eigenvalue weighted by molar-refractivity contribution is -0.145. The summed E-state index contributed by atoms with van der Waals surface area (Å²) in [5, 5.41) is 12.1. The molecule has 0 radical (unpaired) electrons. The normalized spacial score (nSPS) is 24.6. The van der Waals surface area contributed by atoms with Crippen LogP contribution in [0, 0.1) is 24.7 Å². The third-order valence-corrected chi connectivity index (χ3v) is 4.11. The smallest absolute Gasteiger partial charge is 0.307 e. The summed E-state index contributed by atoms with van der Waals surface area (Å²) in [5.41, 5.74) is 1.59. The molecule has 5 nitrogen and oxygen atoms in total. The minimum atomic E-state index is -0.884. The topological polar surface area (TPSA) is 75.6 Å². The molecule has 1 unspecified atom stereocenters. The second kappa shape index (κ2) is 6.16. The van der Waals surface area contributed by atoms with Gasteiger partial charge >= 0.3 is 5.97 Å².